The van der Waals surface area contributed by atoms with Crippen molar-refractivity contribution in [3.63, 3.8) is 0 Å². The number of carboxylic acid groups (broad SMARTS) is 1. The lowest BCUT2D eigenvalue weighted by Crippen LogP contribution is -2.30. The molecular formula is C29H22ClF3N6O4. The Kier molecular flexibility index (Phi) is 8.44. The van der Waals surface area contributed by atoms with Gasteiger partial charge in [0, 0.05) is 35.1 Å². The van der Waals surface area contributed by atoms with E-state index in [4.69, 9.17) is 16.7 Å². The lowest BCUT2D eigenvalue weighted by molar-refractivity contribution is -0.274. The molecule has 0 aliphatic carbocycles. The summed E-state index contributed by atoms with van der Waals surface area (Å²) in [5.74, 6) is -1.41. The minimum Gasteiger partial charge on any atom is -0.478 e. The van der Waals surface area contributed by atoms with E-state index < -0.39 is 18.4 Å². The average Bonchev–Trinajstić information content (AvgIpc) is 3.51. The Hall–Kier alpha value is -5.17. The standard InChI is InChI=1S/C29H22ClF3N6O4/c30-21-5-10-26(39-17-35-36-37-39)25(15-21)20-11-12-38(27(40)14-20)23(16-34-22-6-3-19(4-7-22)28(41)42)13-18-1-8-24(9-2-18)43-29(31,32)33/h1-12,14-15,17,23,34H,13,16H2,(H,41,42). The number of hydrogen-bond acceptors (Lipinski definition) is 7. The van der Waals surface area contributed by atoms with E-state index in [1.165, 1.54) is 58.0 Å². The molecular weight excluding hydrogens is 589 g/mol. The minimum atomic E-state index is -4.81. The van der Waals surface area contributed by atoms with Gasteiger partial charge in [-0.05, 0) is 88.6 Å². The summed E-state index contributed by atoms with van der Waals surface area (Å²) < 4.78 is 44.8. The number of carbonyl (C=O) groups is 1. The molecule has 1 atom stereocenters. The lowest BCUT2D eigenvalue weighted by atomic mass is 10.0. The fourth-order valence-corrected chi connectivity index (χ4v) is 4.68. The highest BCUT2D eigenvalue weighted by Gasteiger charge is 2.31. The molecule has 0 aliphatic rings. The van der Waals surface area contributed by atoms with Gasteiger partial charge in [0.1, 0.15) is 12.1 Å². The van der Waals surface area contributed by atoms with Gasteiger partial charge in [0.15, 0.2) is 0 Å². The first-order valence-corrected chi connectivity index (χ1v) is 13.1. The van der Waals surface area contributed by atoms with Crippen LogP contribution in [0.25, 0.3) is 16.8 Å². The topological polar surface area (TPSA) is 124 Å². The largest absolute Gasteiger partial charge is 0.573 e. The van der Waals surface area contributed by atoms with Gasteiger partial charge in [0.05, 0.1) is 17.3 Å². The fraction of sp³-hybridized carbons (Fsp3) is 0.138. The molecule has 5 rings (SSSR count). The summed E-state index contributed by atoms with van der Waals surface area (Å²) in [6.07, 6.45) is -1.49. The summed E-state index contributed by atoms with van der Waals surface area (Å²) in [5, 5.41) is 24.1. The molecule has 0 fully saturated rings. The van der Waals surface area contributed by atoms with Crippen molar-refractivity contribution < 1.29 is 27.8 Å². The highest BCUT2D eigenvalue weighted by atomic mass is 35.5. The molecule has 14 heteroatoms. The number of tetrazole rings is 1. The van der Waals surface area contributed by atoms with Crippen LogP contribution < -0.4 is 15.6 Å². The molecule has 10 nitrogen and oxygen atoms in total. The number of hydrogen-bond donors (Lipinski definition) is 2. The molecule has 1 unspecified atom stereocenters. The van der Waals surface area contributed by atoms with E-state index >= 15 is 0 Å². The maximum Gasteiger partial charge on any atom is 0.573 e. The van der Waals surface area contributed by atoms with Crippen LogP contribution >= 0.6 is 11.6 Å². The summed E-state index contributed by atoms with van der Waals surface area (Å²) in [4.78, 5) is 24.7. The van der Waals surface area contributed by atoms with Crippen molar-refractivity contribution in [2.75, 3.05) is 11.9 Å². The van der Waals surface area contributed by atoms with E-state index in [0.717, 1.165) is 0 Å². The third kappa shape index (κ3) is 7.38. The molecule has 2 heterocycles. The third-order valence-electron chi connectivity index (χ3n) is 6.51. The van der Waals surface area contributed by atoms with Crippen molar-refractivity contribution in [2.45, 2.75) is 18.8 Å². The Morgan fingerprint density at radius 1 is 1.02 bits per heavy atom. The van der Waals surface area contributed by atoms with Gasteiger partial charge >= 0.3 is 12.3 Å². The highest BCUT2D eigenvalue weighted by Crippen LogP contribution is 2.29. The van der Waals surface area contributed by atoms with Gasteiger partial charge in [-0.15, -0.1) is 18.3 Å². The maximum absolute atomic E-state index is 13.5. The summed E-state index contributed by atoms with van der Waals surface area (Å²) in [5.41, 5.74) is 2.86. The van der Waals surface area contributed by atoms with Crippen LogP contribution in [0.3, 0.4) is 0 Å². The zero-order valence-corrected chi connectivity index (χ0v) is 22.8. The van der Waals surface area contributed by atoms with E-state index in [0.29, 0.717) is 33.1 Å². The second-order valence-electron chi connectivity index (χ2n) is 9.39. The Morgan fingerprint density at radius 2 is 1.77 bits per heavy atom. The average molecular weight is 611 g/mol. The third-order valence-corrected chi connectivity index (χ3v) is 6.74. The molecule has 0 aliphatic heterocycles. The molecule has 0 spiro atoms. The Bertz CT molecular complexity index is 1780. The number of aromatic carboxylic acids is 1. The van der Waals surface area contributed by atoms with E-state index in [-0.39, 0.29) is 29.8 Å². The van der Waals surface area contributed by atoms with Crippen LogP contribution in [0.2, 0.25) is 5.02 Å². The summed E-state index contributed by atoms with van der Waals surface area (Å²) in [6, 6.07) is 19.4. The van der Waals surface area contributed by atoms with Crippen LogP contribution in [0.15, 0.2) is 96.2 Å². The van der Waals surface area contributed by atoms with Gasteiger partial charge in [-0.1, -0.05) is 23.7 Å². The summed E-state index contributed by atoms with van der Waals surface area (Å²) >= 11 is 6.26. The van der Waals surface area contributed by atoms with E-state index in [9.17, 15) is 22.8 Å². The van der Waals surface area contributed by atoms with Crippen LogP contribution in [0.1, 0.15) is 22.0 Å². The molecule has 0 bridgehead atoms. The Balaban J connectivity index is 1.45. The highest BCUT2D eigenvalue weighted by molar-refractivity contribution is 6.31. The van der Waals surface area contributed by atoms with Gasteiger partial charge in [0.2, 0.25) is 0 Å². The second kappa shape index (κ2) is 12.4. The molecule has 0 radical (unpaired) electrons. The minimum absolute atomic E-state index is 0.122. The van der Waals surface area contributed by atoms with Crippen molar-refractivity contribution in [3.8, 4) is 22.6 Å². The number of anilines is 1. The maximum atomic E-state index is 13.5. The summed E-state index contributed by atoms with van der Waals surface area (Å²) in [6.45, 7) is 0.236. The smallest absolute Gasteiger partial charge is 0.478 e. The molecule has 0 saturated carbocycles. The van der Waals surface area contributed by atoms with Crippen LogP contribution in [-0.4, -0.2) is 48.8 Å². The van der Waals surface area contributed by atoms with E-state index in [1.807, 2.05) is 0 Å². The van der Waals surface area contributed by atoms with E-state index in [2.05, 4.69) is 25.6 Å². The number of pyridine rings is 1. The molecule has 220 valence electrons. The van der Waals surface area contributed by atoms with Gasteiger partial charge in [-0.25, -0.2) is 4.79 Å². The molecule has 3 aromatic carbocycles. The monoisotopic (exact) mass is 610 g/mol. The number of aromatic nitrogens is 5. The van der Waals surface area contributed by atoms with Crippen molar-refractivity contribution in [2.24, 2.45) is 0 Å². The normalized spacial score (nSPS) is 12.1. The number of ether oxygens (including phenoxy) is 1. The number of carboxylic acids is 1. The van der Waals surface area contributed by atoms with Crippen LogP contribution in [0, 0.1) is 0 Å². The summed E-state index contributed by atoms with van der Waals surface area (Å²) in [7, 11) is 0. The van der Waals surface area contributed by atoms with Gasteiger partial charge < -0.3 is 19.7 Å². The number of alkyl halides is 3. The van der Waals surface area contributed by atoms with E-state index in [1.54, 1.807) is 42.6 Å². The second-order valence-corrected chi connectivity index (χ2v) is 9.83. The van der Waals surface area contributed by atoms with Gasteiger partial charge in [0.25, 0.3) is 5.56 Å². The van der Waals surface area contributed by atoms with Gasteiger partial charge in [-0.3, -0.25) is 4.79 Å². The number of halogens is 4. The van der Waals surface area contributed by atoms with Crippen molar-refractivity contribution in [3.05, 3.63) is 118 Å². The van der Waals surface area contributed by atoms with Crippen LogP contribution in [0.4, 0.5) is 18.9 Å². The van der Waals surface area contributed by atoms with Crippen LogP contribution in [0.5, 0.6) is 5.75 Å². The predicted octanol–water partition coefficient (Wildman–Crippen LogP) is 5.64. The molecule has 0 amide bonds. The van der Waals surface area contributed by atoms with Gasteiger partial charge in [-0.2, -0.15) is 4.68 Å². The number of nitrogens with zero attached hydrogens (tertiary/aromatic N) is 5. The SMILES string of the molecule is O=C(O)c1ccc(NCC(Cc2ccc(OC(F)(F)F)cc2)n2ccc(-c3cc(Cl)ccc3-n3cnnn3)cc2=O)cc1. The molecule has 5 aromatic rings. The quantitative estimate of drug-likeness (QED) is 0.208. The predicted molar refractivity (Wildman–Crippen MR) is 152 cm³/mol. The Morgan fingerprint density at radius 3 is 2.40 bits per heavy atom. The number of benzene rings is 3. The molecule has 2 N–H and O–H groups in total. The molecule has 43 heavy (non-hydrogen) atoms. The zero-order valence-electron chi connectivity index (χ0n) is 22.1. The first kappa shape index (κ1) is 29.3. The van der Waals surface area contributed by atoms with Crippen molar-refractivity contribution >= 4 is 23.3 Å². The number of rotatable bonds is 10. The lowest BCUT2D eigenvalue weighted by Gasteiger charge is -2.22. The first-order valence-electron chi connectivity index (χ1n) is 12.7. The Labute approximate surface area is 246 Å². The first-order chi connectivity index (χ1) is 20.6. The van der Waals surface area contributed by atoms with Crippen molar-refractivity contribution in [1.29, 1.82) is 0 Å². The molecule has 2 aromatic heterocycles. The molecule has 0 saturated heterocycles. The number of nitrogens with one attached hydrogen (secondary N) is 1. The fourth-order valence-electron chi connectivity index (χ4n) is 4.50. The van der Waals surface area contributed by atoms with Crippen LogP contribution in [-0.2, 0) is 6.42 Å². The van der Waals surface area contributed by atoms with Crippen molar-refractivity contribution in [1.82, 2.24) is 24.8 Å². The zero-order chi connectivity index (χ0) is 30.6.